The number of rotatable bonds is 3. The Hall–Kier alpha value is -2.41. The molecule has 0 bridgehead atoms. The Bertz CT molecular complexity index is 1070. The second-order valence-corrected chi connectivity index (χ2v) is 6.78. The molecule has 1 heterocycles. The molecule has 8 heteroatoms. The molecule has 0 fully saturated rings. The summed E-state index contributed by atoms with van der Waals surface area (Å²) in [4.78, 5) is 19.8. The minimum absolute atomic E-state index is 0.124. The van der Waals surface area contributed by atoms with Crippen LogP contribution in [0.3, 0.4) is 0 Å². The van der Waals surface area contributed by atoms with Crippen molar-refractivity contribution in [3.63, 3.8) is 0 Å². The number of nitrogens with two attached hydrogens (primary N) is 1. The third-order valence-corrected chi connectivity index (χ3v) is 4.71. The molecule has 26 heavy (non-hydrogen) atoms. The van der Waals surface area contributed by atoms with Gasteiger partial charge in [0.15, 0.2) is 4.77 Å². The van der Waals surface area contributed by atoms with Crippen LogP contribution < -0.4 is 11.1 Å². The lowest BCUT2D eigenvalue weighted by molar-refractivity contribution is 0.102. The number of hydrogen-bond donors (Lipinski definition) is 3. The number of aryl methyl sites for hydroxylation is 1. The fourth-order valence-corrected chi connectivity index (χ4v) is 3.05. The first-order valence-electron chi connectivity index (χ1n) is 7.59. The Morgan fingerprint density at radius 2 is 1.92 bits per heavy atom. The van der Waals surface area contributed by atoms with Gasteiger partial charge in [-0.15, -0.1) is 0 Å². The normalized spacial score (nSPS) is 10.6. The van der Waals surface area contributed by atoms with Crippen LogP contribution in [0, 0.1) is 11.7 Å². The van der Waals surface area contributed by atoms with Crippen LogP contribution in [0.2, 0.25) is 10.0 Å². The number of carbonyl (C=O) groups excluding carboxylic acids is 1. The van der Waals surface area contributed by atoms with Gasteiger partial charge in [-0.1, -0.05) is 47.5 Å². The molecule has 132 valence electrons. The van der Waals surface area contributed by atoms with Gasteiger partial charge in [0.1, 0.15) is 11.5 Å². The van der Waals surface area contributed by atoms with Gasteiger partial charge in [0.25, 0.3) is 5.91 Å². The van der Waals surface area contributed by atoms with Crippen LogP contribution in [0.15, 0.2) is 42.5 Å². The number of nitrogens with one attached hydrogen (secondary N) is 2. The van der Waals surface area contributed by atoms with Gasteiger partial charge in [-0.3, -0.25) is 4.79 Å². The predicted octanol–water partition coefficient (Wildman–Crippen LogP) is 5.26. The molecule has 3 rings (SSSR count). The molecule has 0 saturated carbocycles. The topological polar surface area (TPSA) is 83.8 Å². The first-order valence-corrected chi connectivity index (χ1v) is 8.75. The van der Waals surface area contributed by atoms with Crippen LogP contribution in [-0.4, -0.2) is 15.9 Å². The number of halogens is 2. The predicted molar refractivity (Wildman–Crippen MR) is 108 cm³/mol. The monoisotopic (exact) mass is 404 g/mol. The zero-order valence-electron chi connectivity index (χ0n) is 13.6. The summed E-state index contributed by atoms with van der Waals surface area (Å²) in [5.74, 6) is -0.232. The van der Waals surface area contributed by atoms with Gasteiger partial charge in [-0.05, 0) is 48.5 Å². The minimum Gasteiger partial charge on any atom is -0.383 e. The fourth-order valence-electron chi connectivity index (χ4n) is 2.55. The molecule has 5 nitrogen and oxygen atoms in total. The van der Waals surface area contributed by atoms with Crippen molar-refractivity contribution < 1.29 is 4.79 Å². The highest BCUT2D eigenvalue weighted by molar-refractivity contribution is 7.71. The molecule has 0 saturated heterocycles. The van der Waals surface area contributed by atoms with Crippen molar-refractivity contribution in [3.05, 3.63) is 68.5 Å². The third kappa shape index (κ3) is 3.72. The van der Waals surface area contributed by atoms with E-state index in [1.165, 1.54) is 0 Å². The lowest BCUT2D eigenvalue weighted by Gasteiger charge is -2.14. The van der Waals surface area contributed by atoms with Crippen molar-refractivity contribution in [1.29, 1.82) is 0 Å². The van der Waals surface area contributed by atoms with Crippen molar-refractivity contribution in [3.8, 4) is 11.1 Å². The van der Waals surface area contributed by atoms with Crippen LogP contribution in [0.4, 0.5) is 11.5 Å². The Labute approximate surface area is 165 Å². The summed E-state index contributed by atoms with van der Waals surface area (Å²) in [6.45, 7) is 1.93. The summed E-state index contributed by atoms with van der Waals surface area (Å²) < 4.78 is 0.124. The number of nitrogen functional groups attached to an aromatic ring is 1. The second-order valence-electron chi connectivity index (χ2n) is 5.58. The van der Waals surface area contributed by atoms with Gasteiger partial charge < -0.3 is 16.0 Å². The van der Waals surface area contributed by atoms with E-state index < -0.39 is 5.91 Å². The smallest absolute Gasteiger partial charge is 0.272 e. The molecule has 0 aliphatic heterocycles. The van der Waals surface area contributed by atoms with Crippen molar-refractivity contribution in [2.24, 2.45) is 0 Å². The van der Waals surface area contributed by atoms with E-state index in [9.17, 15) is 4.79 Å². The zero-order valence-corrected chi connectivity index (χ0v) is 16.0. The van der Waals surface area contributed by atoms with Gasteiger partial charge in [-0.25, -0.2) is 4.98 Å². The molecule has 0 atom stereocenters. The summed E-state index contributed by atoms with van der Waals surface area (Å²) in [7, 11) is 0. The van der Waals surface area contributed by atoms with Crippen molar-refractivity contribution in [2.45, 2.75) is 6.92 Å². The Morgan fingerprint density at radius 1 is 1.19 bits per heavy atom. The number of amides is 1. The first-order chi connectivity index (χ1) is 12.4. The van der Waals surface area contributed by atoms with E-state index >= 15 is 0 Å². The molecular formula is C18H14Cl2N4OS. The van der Waals surface area contributed by atoms with E-state index in [4.69, 9.17) is 41.2 Å². The SMILES string of the molecule is Cc1ccccc1-c1c(N)nc(=S)[nH]c1C(=O)Nc1ccc(Cl)c(Cl)c1. The Kier molecular flexibility index (Phi) is 5.27. The number of aromatic nitrogens is 2. The minimum atomic E-state index is -0.415. The number of hydrogen-bond acceptors (Lipinski definition) is 4. The number of nitrogens with zero attached hydrogens (tertiary/aromatic N) is 1. The highest BCUT2D eigenvalue weighted by atomic mass is 35.5. The van der Waals surface area contributed by atoms with Crippen LogP contribution in [0.25, 0.3) is 11.1 Å². The number of anilines is 2. The Balaban J connectivity index is 2.09. The van der Waals surface area contributed by atoms with E-state index in [1.54, 1.807) is 18.2 Å². The fraction of sp³-hybridized carbons (Fsp3) is 0.0556. The standard InChI is InChI=1S/C18H14Cl2N4OS/c1-9-4-2-3-5-11(9)14-15(23-18(26)24-16(14)21)17(25)22-10-6-7-12(19)13(20)8-10/h2-8H,1H3,(H,22,25)(H3,21,23,24,26). The van der Waals surface area contributed by atoms with Gasteiger partial charge in [0.05, 0.1) is 15.6 Å². The summed E-state index contributed by atoms with van der Waals surface area (Å²) in [6.07, 6.45) is 0. The van der Waals surface area contributed by atoms with Crippen molar-refractivity contribution in [2.75, 3.05) is 11.1 Å². The van der Waals surface area contributed by atoms with Crippen molar-refractivity contribution in [1.82, 2.24) is 9.97 Å². The number of H-pyrrole nitrogens is 1. The van der Waals surface area contributed by atoms with E-state index in [1.807, 2.05) is 31.2 Å². The molecule has 3 aromatic rings. The van der Waals surface area contributed by atoms with Crippen LogP contribution >= 0.6 is 35.4 Å². The van der Waals surface area contributed by atoms with Gasteiger partial charge in [0.2, 0.25) is 0 Å². The van der Waals surface area contributed by atoms with Crippen LogP contribution in [0.5, 0.6) is 0 Å². The third-order valence-electron chi connectivity index (χ3n) is 3.78. The average molecular weight is 405 g/mol. The van der Waals surface area contributed by atoms with Gasteiger partial charge in [-0.2, -0.15) is 0 Å². The molecule has 1 aromatic heterocycles. The van der Waals surface area contributed by atoms with Crippen LogP contribution in [-0.2, 0) is 0 Å². The molecule has 4 N–H and O–H groups in total. The summed E-state index contributed by atoms with van der Waals surface area (Å²) in [6, 6.07) is 12.4. The number of aromatic amines is 1. The van der Waals surface area contributed by atoms with E-state index in [0.29, 0.717) is 21.3 Å². The van der Waals surface area contributed by atoms with E-state index in [-0.39, 0.29) is 16.3 Å². The molecule has 0 aliphatic rings. The Morgan fingerprint density at radius 3 is 2.62 bits per heavy atom. The quantitative estimate of drug-likeness (QED) is 0.520. The molecule has 1 amide bonds. The molecule has 0 spiro atoms. The van der Waals surface area contributed by atoms with Crippen LogP contribution in [0.1, 0.15) is 16.1 Å². The van der Waals surface area contributed by atoms with E-state index in [2.05, 4.69) is 15.3 Å². The lowest BCUT2D eigenvalue weighted by atomic mass is 9.99. The largest absolute Gasteiger partial charge is 0.383 e. The maximum atomic E-state index is 12.9. The molecule has 0 radical (unpaired) electrons. The summed E-state index contributed by atoms with van der Waals surface area (Å²) in [5.41, 5.74) is 9.05. The van der Waals surface area contributed by atoms with Crippen molar-refractivity contribution >= 4 is 52.8 Å². The number of benzene rings is 2. The van der Waals surface area contributed by atoms with E-state index in [0.717, 1.165) is 11.1 Å². The maximum Gasteiger partial charge on any atom is 0.272 e. The molecule has 0 aliphatic carbocycles. The zero-order chi connectivity index (χ0) is 18.8. The first kappa shape index (κ1) is 18.4. The molecule has 2 aromatic carbocycles. The second kappa shape index (κ2) is 7.45. The maximum absolute atomic E-state index is 12.9. The molecule has 0 unspecified atom stereocenters. The highest BCUT2D eigenvalue weighted by Gasteiger charge is 2.19. The molecular weight excluding hydrogens is 391 g/mol. The van der Waals surface area contributed by atoms with Gasteiger partial charge >= 0.3 is 0 Å². The highest BCUT2D eigenvalue weighted by Crippen LogP contribution is 2.31. The average Bonchev–Trinajstić information content (AvgIpc) is 2.58. The summed E-state index contributed by atoms with van der Waals surface area (Å²) >= 11 is 17.0. The lowest BCUT2D eigenvalue weighted by Crippen LogP contribution is -2.17. The summed E-state index contributed by atoms with van der Waals surface area (Å²) in [5, 5.41) is 3.51. The number of carbonyl (C=O) groups is 1. The van der Waals surface area contributed by atoms with Gasteiger partial charge in [0, 0.05) is 5.69 Å².